The average molecular weight is 212 g/mol. The first-order valence-corrected chi connectivity index (χ1v) is 4.97. The van der Waals surface area contributed by atoms with Crippen molar-refractivity contribution in [3.63, 3.8) is 0 Å². The van der Waals surface area contributed by atoms with Gasteiger partial charge in [0.05, 0.1) is 12.8 Å². The monoisotopic (exact) mass is 212 g/mol. The van der Waals surface area contributed by atoms with Gasteiger partial charge in [-0.2, -0.15) is 0 Å². The number of carboxylic acid groups (broad SMARTS) is 1. The van der Waals surface area contributed by atoms with E-state index in [0.29, 0.717) is 6.42 Å². The van der Waals surface area contributed by atoms with Gasteiger partial charge in [-0.05, 0) is 12.8 Å². The number of terminal acetylenes is 1. The zero-order chi connectivity index (χ0) is 11.7. The molecule has 0 rings (SSSR count). The summed E-state index contributed by atoms with van der Waals surface area (Å²) in [5, 5.41) is 8.35. The molecular formula is C11H16O4. The number of hydrogen-bond donors (Lipinski definition) is 1. The second-order valence-electron chi connectivity index (χ2n) is 3.18. The number of unbranched alkanes of at least 4 members (excludes halogenated alkanes) is 1. The topological polar surface area (TPSA) is 63.6 Å². The SMILES string of the molecule is C#CC(CCCC)OC(=O)CCC(=O)O. The van der Waals surface area contributed by atoms with Crippen LogP contribution in [0, 0.1) is 12.3 Å². The molecule has 4 nitrogen and oxygen atoms in total. The van der Waals surface area contributed by atoms with Crippen LogP contribution in [0.3, 0.4) is 0 Å². The third-order valence-electron chi connectivity index (χ3n) is 1.82. The molecule has 84 valence electrons. The molecule has 0 fully saturated rings. The lowest BCUT2D eigenvalue weighted by molar-refractivity contribution is -0.150. The molecular weight excluding hydrogens is 196 g/mol. The van der Waals surface area contributed by atoms with Gasteiger partial charge in [-0.15, -0.1) is 6.42 Å². The van der Waals surface area contributed by atoms with E-state index in [1.54, 1.807) is 0 Å². The number of carboxylic acids is 1. The maximum atomic E-state index is 11.1. The van der Waals surface area contributed by atoms with Crippen molar-refractivity contribution in [2.24, 2.45) is 0 Å². The van der Waals surface area contributed by atoms with Crippen LogP contribution in [-0.4, -0.2) is 23.1 Å². The summed E-state index contributed by atoms with van der Waals surface area (Å²) in [6.45, 7) is 2.01. The van der Waals surface area contributed by atoms with E-state index in [0.717, 1.165) is 12.8 Å². The molecule has 0 aliphatic heterocycles. The molecule has 0 saturated heterocycles. The Morgan fingerprint density at radius 2 is 2.13 bits per heavy atom. The van der Waals surface area contributed by atoms with Gasteiger partial charge in [0.25, 0.3) is 0 Å². The van der Waals surface area contributed by atoms with Crippen molar-refractivity contribution >= 4 is 11.9 Å². The van der Waals surface area contributed by atoms with E-state index in [1.165, 1.54) is 0 Å². The summed E-state index contributed by atoms with van der Waals surface area (Å²) in [4.78, 5) is 21.3. The van der Waals surface area contributed by atoms with E-state index in [4.69, 9.17) is 16.3 Å². The average Bonchev–Trinajstić information content (AvgIpc) is 2.21. The predicted octanol–water partition coefficient (Wildman–Crippen LogP) is 1.59. The highest BCUT2D eigenvalue weighted by Crippen LogP contribution is 2.06. The van der Waals surface area contributed by atoms with Gasteiger partial charge in [0.1, 0.15) is 0 Å². The van der Waals surface area contributed by atoms with E-state index >= 15 is 0 Å². The van der Waals surface area contributed by atoms with Crippen molar-refractivity contribution in [2.75, 3.05) is 0 Å². The molecule has 1 atom stereocenters. The zero-order valence-electron chi connectivity index (χ0n) is 8.86. The van der Waals surface area contributed by atoms with Gasteiger partial charge in [0, 0.05) is 0 Å². The molecule has 1 N–H and O–H groups in total. The molecule has 1 unspecified atom stereocenters. The van der Waals surface area contributed by atoms with Gasteiger partial charge in [-0.1, -0.05) is 19.3 Å². The molecule has 15 heavy (non-hydrogen) atoms. The van der Waals surface area contributed by atoms with Crippen LogP contribution in [0.1, 0.15) is 39.0 Å². The van der Waals surface area contributed by atoms with E-state index in [2.05, 4.69) is 5.92 Å². The standard InChI is InChI=1S/C11H16O4/c1-3-5-6-9(4-2)15-11(14)8-7-10(12)13/h2,9H,3,5-8H2,1H3,(H,12,13). The Balaban J connectivity index is 3.81. The van der Waals surface area contributed by atoms with E-state index in [1.807, 2.05) is 6.92 Å². The first-order chi connectivity index (χ1) is 7.10. The molecule has 0 amide bonds. The quantitative estimate of drug-likeness (QED) is 0.514. The van der Waals surface area contributed by atoms with Crippen molar-refractivity contribution in [3.8, 4) is 12.3 Å². The van der Waals surface area contributed by atoms with Crippen molar-refractivity contribution in [3.05, 3.63) is 0 Å². The number of esters is 1. The first-order valence-electron chi connectivity index (χ1n) is 4.97. The largest absolute Gasteiger partial charge is 0.481 e. The van der Waals surface area contributed by atoms with Gasteiger partial charge >= 0.3 is 11.9 Å². The second-order valence-corrected chi connectivity index (χ2v) is 3.18. The third-order valence-corrected chi connectivity index (χ3v) is 1.82. The van der Waals surface area contributed by atoms with Crippen LogP contribution in [0.2, 0.25) is 0 Å². The number of rotatable bonds is 7. The Morgan fingerprint density at radius 1 is 1.47 bits per heavy atom. The summed E-state index contributed by atoms with van der Waals surface area (Å²) in [6.07, 6.45) is 6.81. The van der Waals surface area contributed by atoms with Gasteiger partial charge in [-0.25, -0.2) is 0 Å². The fourth-order valence-corrected chi connectivity index (χ4v) is 0.992. The van der Waals surface area contributed by atoms with Gasteiger partial charge < -0.3 is 9.84 Å². The number of carbonyl (C=O) groups is 2. The minimum atomic E-state index is -1.02. The highest BCUT2D eigenvalue weighted by molar-refractivity contribution is 5.76. The molecule has 0 saturated carbocycles. The maximum absolute atomic E-state index is 11.1. The number of hydrogen-bond acceptors (Lipinski definition) is 3. The van der Waals surface area contributed by atoms with E-state index in [9.17, 15) is 9.59 Å². The third kappa shape index (κ3) is 7.56. The van der Waals surface area contributed by atoms with Crippen LogP contribution in [-0.2, 0) is 14.3 Å². The predicted molar refractivity (Wildman–Crippen MR) is 55.1 cm³/mol. The summed E-state index contributed by atoms with van der Waals surface area (Å²) in [6, 6.07) is 0. The minimum Gasteiger partial charge on any atom is -0.481 e. The van der Waals surface area contributed by atoms with Crippen LogP contribution in [0.15, 0.2) is 0 Å². The minimum absolute atomic E-state index is 0.125. The van der Waals surface area contributed by atoms with Gasteiger partial charge in [-0.3, -0.25) is 9.59 Å². The maximum Gasteiger partial charge on any atom is 0.307 e. The first kappa shape index (κ1) is 13.5. The summed E-state index contributed by atoms with van der Waals surface area (Å²) < 4.78 is 4.91. The van der Waals surface area contributed by atoms with E-state index in [-0.39, 0.29) is 12.8 Å². The lowest BCUT2D eigenvalue weighted by Gasteiger charge is -2.11. The summed E-state index contributed by atoms with van der Waals surface area (Å²) in [7, 11) is 0. The Labute approximate surface area is 89.6 Å². The Morgan fingerprint density at radius 3 is 2.60 bits per heavy atom. The number of ether oxygens (including phenoxy) is 1. The van der Waals surface area contributed by atoms with E-state index < -0.39 is 18.0 Å². The summed E-state index contributed by atoms with van der Waals surface area (Å²) >= 11 is 0. The molecule has 0 radical (unpaired) electrons. The molecule has 0 aromatic carbocycles. The molecule has 0 aromatic rings. The van der Waals surface area contributed by atoms with Crippen molar-refractivity contribution in [1.82, 2.24) is 0 Å². The fraction of sp³-hybridized carbons (Fsp3) is 0.636. The number of aliphatic carboxylic acids is 1. The Kier molecular flexibility index (Phi) is 7.08. The highest BCUT2D eigenvalue weighted by Gasteiger charge is 2.12. The lowest BCUT2D eigenvalue weighted by Crippen LogP contribution is -2.17. The summed E-state index contributed by atoms with van der Waals surface area (Å²) in [5.74, 6) is 0.804. The lowest BCUT2D eigenvalue weighted by atomic mass is 10.2. The zero-order valence-corrected chi connectivity index (χ0v) is 8.86. The molecule has 0 heterocycles. The van der Waals surface area contributed by atoms with Crippen molar-refractivity contribution in [1.29, 1.82) is 0 Å². The van der Waals surface area contributed by atoms with Crippen molar-refractivity contribution in [2.45, 2.75) is 45.1 Å². The van der Waals surface area contributed by atoms with Crippen LogP contribution >= 0.6 is 0 Å². The molecule has 0 aliphatic carbocycles. The molecule has 0 spiro atoms. The Hall–Kier alpha value is -1.50. The van der Waals surface area contributed by atoms with Crippen molar-refractivity contribution < 1.29 is 19.4 Å². The van der Waals surface area contributed by atoms with Crippen LogP contribution < -0.4 is 0 Å². The molecule has 0 aromatic heterocycles. The van der Waals surface area contributed by atoms with Gasteiger partial charge in [0.2, 0.25) is 0 Å². The normalized spacial score (nSPS) is 11.5. The Bertz CT molecular complexity index is 252. The number of carbonyl (C=O) groups excluding carboxylic acids is 1. The highest BCUT2D eigenvalue weighted by atomic mass is 16.5. The molecule has 0 aliphatic rings. The second kappa shape index (κ2) is 7.86. The van der Waals surface area contributed by atoms with Crippen LogP contribution in [0.5, 0.6) is 0 Å². The molecule has 4 heteroatoms. The molecule has 0 bridgehead atoms. The fourth-order valence-electron chi connectivity index (χ4n) is 0.992. The smallest absolute Gasteiger partial charge is 0.307 e. The van der Waals surface area contributed by atoms with Gasteiger partial charge in [0.15, 0.2) is 6.10 Å². The van der Waals surface area contributed by atoms with Crippen LogP contribution in [0.25, 0.3) is 0 Å². The summed E-state index contributed by atoms with van der Waals surface area (Å²) in [5.41, 5.74) is 0. The van der Waals surface area contributed by atoms with Crippen LogP contribution in [0.4, 0.5) is 0 Å².